The van der Waals surface area contributed by atoms with Gasteiger partial charge in [-0.2, -0.15) is 5.10 Å². The molecule has 0 aliphatic carbocycles. The summed E-state index contributed by atoms with van der Waals surface area (Å²) in [5.41, 5.74) is 5.02. The van der Waals surface area contributed by atoms with Crippen LogP contribution in [0.4, 0.5) is 0 Å². The summed E-state index contributed by atoms with van der Waals surface area (Å²) in [6, 6.07) is 19.6. The van der Waals surface area contributed by atoms with E-state index >= 15 is 0 Å². The molecule has 0 radical (unpaired) electrons. The molecule has 0 amide bonds. The van der Waals surface area contributed by atoms with Crippen LogP contribution in [0.25, 0.3) is 28.1 Å². The third kappa shape index (κ3) is 7.68. The van der Waals surface area contributed by atoms with Crippen molar-refractivity contribution in [3.05, 3.63) is 66.4 Å². The second-order valence-electron chi connectivity index (χ2n) is 8.77. The van der Waals surface area contributed by atoms with Crippen molar-refractivity contribution in [2.75, 3.05) is 32.3 Å². The van der Waals surface area contributed by atoms with Crippen LogP contribution in [0.15, 0.2) is 70.7 Å². The number of esters is 2. The number of thioether (sulfide) groups is 2. The van der Waals surface area contributed by atoms with Crippen molar-refractivity contribution in [1.29, 1.82) is 0 Å². The molecule has 0 N–H and O–H groups in total. The third-order valence-electron chi connectivity index (χ3n) is 6.05. The maximum atomic E-state index is 11.9. The summed E-state index contributed by atoms with van der Waals surface area (Å²) >= 11 is 2.97. The van der Waals surface area contributed by atoms with Gasteiger partial charge in [0.2, 0.25) is 0 Å². The van der Waals surface area contributed by atoms with Crippen molar-refractivity contribution < 1.29 is 23.8 Å². The number of carbonyl (C=O) groups excluding carboxylic acids is 2. The van der Waals surface area contributed by atoms with Gasteiger partial charge in [-0.3, -0.25) is 9.59 Å². The SMILES string of the molecule is CCOc1ccc(-c2cc(-c3c(C)nn(-c4ccccc4)c3SCCC(=O)OC)c(SCCC(=O)OC)nn2)cc1. The fourth-order valence-corrected chi connectivity index (χ4v) is 6.07. The summed E-state index contributed by atoms with van der Waals surface area (Å²) in [4.78, 5) is 23.7. The van der Waals surface area contributed by atoms with Gasteiger partial charge in [-0.1, -0.05) is 18.2 Å². The minimum absolute atomic E-state index is 0.242. The van der Waals surface area contributed by atoms with Gasteiger partial charge < -0.3 is 14.2 Å². The zero-order chi connectivity index (χ0) is 29.2. The van der Waals surface area contributed by atoms with Crippen LogP contribution in [-0.2, 0) is 19.1 Å². The fraction of sp³-hybridized carbons (Fsp3) is 0.300. The lowest BCUT2D eigenvalue weighted by Crippen LogP contribution is -2.04. The Bertz CT molecular complexity index is 1480. The first-order valence-corrected chi connectivity index (χ1v) is 15.1. The second kappa shape index (κ2) is 14.7. The molecule has 2 aromatic carbocycles. The van der Waals surface area contributed by atoms with Crippen LogP contribution in [0, 0.1) is 6.92 Å². The van der Waals surface area contributed by atoms with Crippen molar-refractivity contribution in [3.63, 3.8) is 0 Å². The van der Waals surface area contributed by atoms with Crippen LogP contribution in [-0.4, -0.2) is 64.2 Å². The van der Waals surface area contributed by atoms with E-state index in [1.165, 1.54) is 37.7 Å². The van der Waals surface area contributed by atoms with Gasteiger partial charge in [-0.05, 0) is 56.3 Å². The number of para-hydroxylation sites is 1. The number of nitrogens with zero attached hydrogens (tertiary/aromatic N) is 4. The zero-order valence-corrected chi connectivity index (χ0v) is 25.1. The van der Waals surface area contributed by atoms with E-state index < -0.39 is 0 Å². The molecule has 2 heterocycles. The van der Waals surface area contributed by atoms with Crippen LogP contribution in [0.5, 0.6) is 5.75 Å². The maximum Gasteiger partial charge on any atom is 0.306 e. The van der Waals surface area contributed by atoms with Crippen molar-refractivity contribution in [1.82, 2.24) is 20.0 Å². The summed E-state index contributed by atoms with van der Waals surface area (Å²) < 4.78 is 17.2. The lowest BCUT2D eigenvalue weighted by molar-refractivity contribution is -0.141. The van der Waals surface area contributed by atoms with Gasteiger partial charge in [0.25, 0.3) is 0 Å². The number of methoxy groups -OCH3 is 2. The summed E-state index contributed by atoms with van der Waals surface area (Å²) in [6.07, 6.45) is 0.498. The largest absolute Gasteiger partial charge is 0.494 e. The van der Waals surface area contributed by atoms with Crippen molar-refractivity contribution in [3.8, 4) is 33.8 Å². The zero-order valence-electron chi connectivity index (χ0n) is 23.5. The van der Waals surface area contributed by atoms with Crippen LogP contribution < -0.4 is 4.74 Å². The van der Waals surface area contributed by atoms with E-state index in [9.17, 15) is 9.59 Å². The lowest BCUT2D eigenvalue weighted by Gasteiger charge is -2.13. The van der Waals surface area contributed by atoms with E-state index in [4.69, 9.17) is 19.3 Å². The third-order valence-corrected chi connectivity index (χ3v) is 8.10. The molecule has 4 rings (SSSR count). The van der Waals surface area contributed by atoms with E-state index in [0.717, 1.165) is 38.8 Å². The van der Waals surface area contributed by atoms with Gasteiger partial charge in [-0.15, -0.1) is 33.7 Å². The smallest absolute Gasteiger partial charge is 0.306 e. The lowest BCUT2D eigenvalue weighted by atomic mass is 10.1. The molecule has 214 valence electrons. The van der Waals surface area contributed by atoms with E-state index in [1.807, 2.05) is 79.2 Å². The molecular weight excluding hydrogens is 560 g/mol. The van der Waals surface area contributed by atoms with Gasteiger partial charge in [0, 0.05) is 28.2 Å². The molecule has 4 aromatic rings. The maximum absolute atomic E-state index is 11.9. The highest BCUT2D eigenvalue weighted by Gasteiger charge is 2.23. The summed E-state index contributed by atoms with van der Waals surface area (Å²) in [5, 5.41) is 15.6. The number of aryl methyl sites for hydroxylation is 1. The number of hydrogen-bond donors (Lipinski definition) is 0. The first kappa shape index (κ1) is 30.1. The predicted molar refractivity (Wildman–Crippen MR) is 161 cm³/mol. The van der Waals surface area contributed by atoms with Crippen LogP contribution in [0.1, 0.15) is 25.5 Å². The first-order chi connectivity index (χ1) is 19.9. The second-order valence-corrected chi connectivity index (χ2v) is 10.9. The Hall–Kier alpha value is -3.83. The van der Waals surface area contributed by atoms with E-state index in [2.05, 4.69) is 10.2 Å². The molecule has 41 heavy (non-hydrogen) atoms. The molecule has 2 aromatic heterocycles. The number of hydrogen-bond acceptors (Lipinski definition) is 10. The molecule has 11 heteroatoms. The van der Waals surface area contributed by atoms with E-state index in [1.54, 1.807) is 0 Å². The van der Waals surface area contributed by atoms with Crippen LogP contribution in [0.2, 0.25) is 0 Å². The highest BCUT2D eigenvalue weighted by Crippen LogP contribution is 2.41. The van der Waals surface area contributed by atoms with Gasteiger partial charge >= 0.3 is 11.9 Å². The van der Waals surface area contributed by atoms with Crippen LogP contribution in [0.3, 0.4) is 0 Å². The molecule has 0 fully saturated rings. The number of rotatable bonds is 13. The molecule has 0 spiro atoms. The molecule has 9 nitrogen and oxygen atoms in total. The van der Waals surface area contributed by atoms with E-state index in [0.29, 0.717) is 28.8 Å². The van der Waals surface area contributed by atoms with Crippen molar-refractivity contribution >= 4 is 35.5 Å². The highest BCUT2D eigenvalue weighted by atomic mass is 32.2. The quantitative estimate of drug-likeness (QED) is 0.135. The summed E-state index contributed by atoms with van der Waals surface area (Å²) in [6.45, 7) is 4.49. The average molecular weight is 593 g/mol. The number of benzene rings is 2. The Labute approximate surface area is 248 Å². The Morgan fingerprint density at radius 2 is 1.54 bits per heavy atom. The molecule has 0 aliphatic rings. The van der Waals surface area contributed by atoms with Crippen LogP contribution >= 0.6 is 23.5 Å². The number of aromatic nitrogens is 4. The monoisotopic (exact) mass is 592 g/mol. The Morgan fingerprint density at radius 3 is 2.17 bits per heavy atom. The standard InChI is InChI=1S/C30H32N4O5S2/c1-5-39-23-13-11-21(12-14-23)25-19-24(29(32-31-25)40-17-15-26(35)37-3)28-20(2)33-34(22-9-7-6-8-10-22)30(28)41-18-16-27(36)38-4/h6-14,19H,5,15-18H2,1-4H3. The Kier molecular flexibility index (Phi) is 10.8. The molecular formula is C30H32N4O5S2. The van der Waals surface area contributed by atoms with Gasteiger partial charge in [-0.25, -0.2) is 4.68 Å². The molecule has 0 unspecified atom stereocenters. The van der Waals surface area contributed by atoms with Gasteiger partial charge in [0.15, 0.2) is 0 Å². The van der Waals surface area contributed by atoms with Crippen molar-refractivity contribution in [2.24, 2.45) is 0 Å². The minimum atomic E-state index is -0.287. The molecule has 0 saturated heterocycles. The van der Waals surface area contributed by atoms with Gasteiger partial charge in [0.1, 0.15) is 15.8 Å². The number of carbonyl (C=O) groups is 2. The van der Waals surface area contributed by atoms with Crippen molar-refractivity contribution in [2.45, 2.75) is 36.7 Å². The summed E-state index contributed by atoms with van der Waals surface area (Å²) in [7, 11) is 2.77. The highest BCUT2D eigenvalue weighted by molar-refractivity contribution is 7.99. The average Bonchev–Trinajstić information content (AvgIpc) is 3.33. The Balaban J connectivity index is 1.82. The normalized spacial score (nSPS) is 10.8. The molecule has 0 atom stereocenters. The fourth-order valence-electron chi connectivity index (χ4n) is 4.06. The summed E-state index contributed by atoms with van der Waals surface area (Å²) in [5.74, 6) is 1.21. The van der Waals surface area contributed by atoms with Gasteiger partial charge in [0.05, 0.1) is 50.7 Å². The minimum Gasteiger partial charge on any atom is -0.494 e. The predicted octanol–water partition coefficient (Wildman–Crippen LogP) is 6.01. The molecule has 0 bridgehead atoms. The molecule has 0 saturated carbocycles. The van der Waals surface area contributed by atoms with E-state index in [-0.39, 0.29) is 24.8 Å². The topological polar surface area (TPSA) is 105 Å². The molecule has 0 aliphatic heterocycles. The number of ether oxygens (including phenoxy) is 3. The first-order valence-electron chi connectivity index (χ1n) is 13.1. The Morgan fingerprint density at radius 1 is 0.878 bits per heavy atom.